The number of anilines is 2. The van der Waals surface area contributed by atoms with E-state index in [9.17, 15) is 22.0 Å². The van der Waals surface area contributed by atoms with Gasteiger partial charge >= 0.3 is 0 Å². The van der Waals surface area contributed by atoms with Crippen molar-refractivity contribution in [3.63, 3.8) is 0 Å². The van der Waals surface area contributed by atoms with Crippen LogP contribution in [0.15, 0.2) is 36.4 Å². The van der Waals surface area contributed by atoms with E-state index in [4.69, 9.17) is 16.3 Å². The van der Waals surface area contributed by atoms with Gasteiger partial charge < -0.3 is 10.1 Å². The molecule has 0 saturated heterocycles. The van der Waals surface area contributed by atoms with Crippen molar-refractivity contribution in [1.82, 2.24) is 0 Å². The minimum absolute atomic E-state index is 0.0119. The molecule has 2 aromatic rings. The summed E-state index contributed by atoms with van der Waals surface area (Å²) in [6.07, 6.45) is 0.0543. The Labute approximate surface area is 159 Å². The number of nitrogens with zero attached hydrogens (tertiary/aromatic N) is 1. The molecule has 27 heavy (non-hydrogen) atoms. The monoisotopic (exact) mass is 416 g/mol. The lowest BCUT2D eigenvalue weighted by atomic mass is 10.2. The van der Waals surface area contributed by atoms with E-state index in [0.29, 0.717) is 5.02 Å². The van der Waals surface area contributed by atoms with Gasteiger partial charge in [-0.1, -0.05) is 11.6 Å². The Morgan fingerprint density at radius 2 is 1.96 bits per heavy atom. The molecule has 1 aliphatic heterocycles. The summed E-state index contributed by atoms with van der Waals surface area (Å²) in [5, 5.41) is 2.75. The molecule has 144 valence electrons. The molecular formula is C17H15ClF2N2O4S. The molecule has 0 aliphatic carbocycles. The zero-order valence-electron chi connectivity index (χ0n) is 14.1. The standard InChI is InChI=1S/C17H15ClF2N2O4S/c1-27(24,25)22-7-6-16(26-15-5-2-10(18)8-14(15)22)17(23)21-11-3-4-12(19)13(20)9-11/h2-5,8-9,16H,6-7H2,1H3,(H,21,23)/t16-/m1/s1. The number of hydrogen-bond donors (Lipinski definition) is 1. The van der Waals surface area contributed by atoms with Crippen molar-refractivity contribution < 1.29 is 26.7 Å². The molecule has 0 aromatic heterocycles. The molecule has 1 amide bonds. The fraction of sp³-hybridized carbons (Fsp3) is 0.235. The highest BCUT2D eigenvalue weighted by Gasteiger charge is 2.31. The van der Waals surface area contributed by atoms with Crippen LogP contribution in [0.2, 0.25) is 5.02 Å². The van der Waals surface area contributed by atoms with Crippen molar-refractivity contribution in [1.29, 1.82) is 0 Å². The van der Waals surface area contributed by atoms with Crippen LogP contribution < -0.4 is 14.4 Å². The van der Waals surface area contributed by atoms with Gasteiger partial charge in [0, 0.05) is 29.7 Å². The average Bonchev–Trinajstić information content (AvgIpc) is 2.77. The molecule has 3 rings (SSSR count). The van der Waals surface area contributed by atoms with Gasteiger partial charge in [0.05, 0.1) is 11.9 Å². The lowest BCUT2D eigenvalue weighted by Gasteiger charge is -2.21. The van der Waals surface area contributed by atoms with Crippen LogP contribution in [-0.2, 0) is 14.8 Å². The first-order chi connectivity index (χ1) is 12.6. The predicted molar refractivity (Wildman–Crippen MR) is 97.7 cm³/mol. The zero-order chi connectivity index (χ0) is 19.8. The molecule has 6 nitrogen and oxygen atoms in total. The Bertz CT molecular complexity index is 1000. The first-order valence-electron chi connectivity index (χ1n) is 7.85. The molecule has 0 saturated carbocycles. The van der Waals surface area contributed by atoms with Gasteiger partial charge in [-0.25, -0.2) is 17.2 Å². The van der Waals surface area contributed by atoms with E-state index in [1.807, 2.05) is 0 Å². The molecule has 1 atom stereocenters. The summed E-state index contributed by atoms with van der Waals surface area (Å²) < 4.78 is 57.3. The summed E-state index contributed by atoms with van der Waals surface area (Å²) in [6.45, 7) is -0.0119. The number of benzene rings is 2. The second-order valence-corrected chi connectivity index (χ2v) is 8.30. The minimum Gasteiger partial charge on any atom is -0.478 e. The summed E-state index contributed by atoms with van der Waals surface area (Å²) in [4.78, 5) is 12.5. The van der Waals surface area contributed by atoms with Crippen molar-refractivity contribution >= 4 is 38.9 Å². The fourth-order valence-electron chi connectivity index (χ4n) is 2.68. The molecule has 10 heteroatoms. The smallest absolute Gasteiger partial charge is 0.265 e. The summed E-state index contributed by atoms with van der Waals surface area (Å²) in [5.41, 5.74) is 0.288. The Morgan fingerprint density at radius 3 is 2.63 bits per heavy atom. The highest BCUT2D eigenvalue weighted by Crippen LogP contribution is 2.36. The number of hydrogen-bond acceptors (Lipinski definition) is 4. The van der Waals surface area contributed by atoms with Gasteiger partial charge in [-0.3, -0.25) is 9.10 Å². The maximum Gasteiger partial charge on any atom is 0.265 e. The van der Waals surface area contributed by atoms with Gasteiger partial charge in [-0.15, -0.1) is 0 Å². The van der Waals surface area contributed by atoms with Crippen LogP contribution in [0.1, 0.15) is 6.42 Å². The van der Waals surface area contributed by atoms with Crippen molar-refractivity contribution in [2.45, 2.75) is 12.5 Å². The molecule has 0 spiro atoms. The highest BCUT2D eigenvalue weighted by molar-refractivity contribution is 7.92. The molecule has 1 aliphatic rings. The number of amides is 1. The molecule has 0 radical (unpaired) electrons. The van der Waals surface area contributed by atoms with Gasteiger partial charge in [-0.05, 0) is 30.3 Å². The number of halogens is 3. The first kappa shape index (κ1) is 19.4. The number of carbonyl (C=O) groups is 1. The van der Waals surface area contributed by atoms with E-state index in [2.05, 4.69) is 5.32 Å². The summed E-state index contributed by atoms with van der Waals surface area (Å²) in [5.74, 6) is -2.57. The minimum atomic E-state index is -3.63. The van der Waals surface area contributed by atoms with Crippen molar-refractivity contribution in [3.8, 4) is 5.75 Å². The molecule has 2 aromatic carbocycles. The van der Waals surface area contributed by atoms with Crippen LogP contribution in [0, 0.1) is 11.6 Å². The Morgan fingerprint density at radius 1 is 1.22 bits per heavy atom. The average molecular weight is 417 g/mol. The largest absolute Gasteiger partial charge is 0.478 e. The van der Waals surface area contributed by atoms with Gasteiger partial charge in [0.1, 0.15) is 5.75 Å². The summed E-state index contributed by atoms with van der Waals surface area (Å²) in [6, 6.07) is 7.37. The number of ether oxygens (including phenoxy) is 1. The quantitative estimate of drug-likeness (QED) is 0.833. The van der Waals surface area contributed by atoms with Crippen LogP contribution in [-0.4, -0.2) is 33.2 Å². The molecule has 1 heterocycles. The molecule has 0 fully saturated rings. The third-order valence-electron chi connectivity index (χ3n) is 3.93. The van der Waals surface area contributed by atoms with Gasteiger partial charge in [0.25, 0.3) is 5.91 Å². The second-order valence-electron chi connectivity index (χ2n) is 5.96. The molecular weight excluding hydrogens is 402 g/mol. The summed E-state index contributed by atoms with van der Waals surface area (Å²) in [7, 11) is -3.63. The third kappa shape index (κ3) is 4.30. The van der Waals surface area contributed by atoms with Crippen molar-refractivity contribution in [3.05, 3.63) is 53.1 Å². The Hall–Kier alpha value is -2.39. The lowest BCUT2D eigenvalue weighted by Crippen LogP contribution is -2.36. The van der Waals surface area contributed by atoms with Crippen LogP contribution in [0.5, 0.6) is 5.75 Å². The maximum atomic E-state index is 13.3. The van der Waals surface area contributed by atoms with E-state index in [-0.39, 0.29) is 30.1 Å². The van der Waals surface area contributed by atoms with Crippen LogP contribution in [0.4, 0.5) is 20.2 Å². The highest BCUT2D eigenvalue weighted by atomic mass is 35.5. The van der Waals surface area contributed by atoms with E-state index >= 15 is 0 Å². The second kappa shape index (κ2) is 7.32. The zero-order valence-corrected chi connectivity index (χ0v) is 15.7. The van der Waals surface area contributed by atoms with E-state index in [1.54, 1.807) is 0 Å². The number of nitrogens with one attached hydrogen (secondary N) is 1. The van der Waals surface area contributed by atoms with E-state index < -0.39 is 33.7 Å². The predicted octanol–water partition coefficient (Wildman–Crippen LogP) is 3.17. The lowest BCUT2D eigenvalue weighted by molar-refractivity contribution is -0.122. The van der Waals surface area contributed by atoms with Crippen molar-refractivity contribution in [2.24, 2.45) is 0 Å². The Kier molecular flexibility index (Phi) is 5.25. The first-order valence-corrected chi connectivity index (χ1v) is 10.1. The number of rotatable bonds is 3. The van der Waals surface area contributed by atoms with E-state index in [0.717, 1.165) is 22.7 Å². The normalized spacial score (nSPS) is 16.9. The number of fused-ring (bicyclic) bond motifs is 1. The topological polar surface area (TPSA) is 75.7 Å². The number of sulfonamides is 1. The van der Waals surface area contributed by atoms with E-state index in [1.165, 1.54) is 24.3 Å². The maximum absolute atomic E-state index is 13.3. The number of carbonyl (C=O) groups excluding carboxylic acids is 1. The summed E-state index contributed by atoms with van der Waals surface area (Å²) >= 11 is 5.96. The van der Waals surface area contributed by atoms with Gasteiger partial charge in [0.15, 0.2) is 17.7 Å². The van der Waals surface area contributed by atoms with Crippen LogP contribution >= 0.6 is 11.6 Å². The Balaban J connectivity index is 1.87. The van der Waals surface area contributed by atoms with Crippen LogP contribution in [0.25, 0.3) is 0 Å². The third-order valence-corrected chi connectivity index (χ3v) is 5.35. The SMILES string of the molecule is CS(=O)(=O)N1CC[C@H](C(=O)Nc2ccc(F)c(F)c2)Oc2ccc(Cl)cc21. The van der Waals surface area contributed by atoms with Gasteiger partial charge in [0.2, 0.25) is 10.0 Å². The van der Waals surface area contributed by atoms with Crippen molar-refractivity contribution in [2.75, 3.05) is 22.4 Å². The molecule has 1 N–H and O–H groups in total. The molecule has 0 unspecified atom stereocenters. The van der Waals surface area contributed by atoms with Crippen LogP contribution in [0.3, 0.4) is 0 Å². The molecule has 0 bridgehead atoms. The van der Waals surface area contributed by atoms with Gasteiger partial charge in [-0.2, -0.15) is 0 Å². The fourth-order valence-corrected chi connectivity index (χ4v) is 3.78.